The molecule has 2 fully saturated rings. The van der Waals surface area contributed by atoms with Gasteiger partial charge >= 0.3 is 5.97 Å². The van der Waals surface area contributed by atoms with Crippen LogP contribution in [0.15, 0.2) is 0 Å². The van der Waals surface area contributed by atoms with Gasteiger partial charge in [0.25, 0.3) is 0 Å². The molecular formula is C13H23NO4. The highest BCUT2D eigenvalue weighted by atomic mass is 16.7. The Bertz CT molecular complexity index is 260. The van der Waals surface area contributed by atoms with Crippen molar-refractivity contribution in [1.29, 1.82) is 0 Å². The summed E-state index contributed by atoms with van der Waals surface area (Å²) in [7, 11) is 1.44. The van der Waals surface area contributed by atoms with Crippen LogP contribution in [-0.4, -0.2) is 56.6 Å². The minimum Gasteiger partial charge on any atom is -0.468 e. The molecule has 0 spiro atoms. The summed E-state index contributed by atoms with van der Waals surface area (Å²) in [4.78, 5) is 13.7. The van der Waals surface area contributed by atoms with Gasteiger partial charge < -0.3 is 14.2 Å². The zero-order valence-electron chi connectivity index (χ0n) is 11.1. The van der Waals surface area contributed by atoms with Crippen molar-refractivity contribution in [3.05, 3.63) is 0 Å². The Labute approximate surface area is 108 Å². The maximum Gasteiger partial charge on any atom is 0.319 e. The van der Waals surface area contributed by atoms with Gasteiger partial charge in [-0.1, -0.05) is 12.8 Å². The van der Waals surface area contributed by atoms with Crippen molar-refractivity contribution in [3.63, 3.8) is 0 Å². The number of hydrogen-bond donors (Lipinski definition) is 0. The van der Waals surface area contributed by atoms with Gasteiger partial charge in [0.15, 0.2) is 0 Å². The van der Waals surface area contributed by atoms with E-state index in [0.29, 0.717) is 19.4 Å². The molecule has 1 unspecified atom stereocenters. The van der Waals surface area contributed by atoms with Crippen LogP contribution < -0.4 is 0 Å². The molecule has 5 nitrogen and oxygen atoms in total. The van der Waals surface area contributed by atoms with Crippen LogP contribution in [0, 0.1) is 0 Å². The summed E-state index contributed by atoms with van der Waals surface area (Å²) in [5.41, 5.74) is 0. The number of esters is 1. The summed E-state index contributed by atoms with van der Waals surface area (Å²) in [6.45, 7) is 2.31. The van der Waals surface area contributed by atoms with E-state index in [9.17, 15) is 4.79 Å². The van der Waals surface area contributed by atoms with E-state index in [1.807, 2.05) is 0 Å². The Balaban J connectivity index is 1.87. The lowest BCUT2D eigenvalue weighted by atomic mass is 10.1. The first kappa shape index (κ1) is 13.8. The average molecular weight is 257 g/mol. The molecule has 1 saturated heterocycles. The van der Waals surface area contributed by atoms with Crippen LogP contribution >= 0.6 is 0 Å². The molecule has 0 aromatic rings. The minimum absolute atomic E-state index is 0.158. The van der Waals surface area contributed by atoms with Crippen molar-refractivity contribution in [2.75, 3.05) is 33.6 Å². The van der Waals surface area contributed by atoms with Crippen molar-refractivity contribution >= 4 is 5.97 Å². The van der Waals surface area contributed by atoms with Gasteiger partial charge in [-0.3, -0.25) is 9.69 Å². The molecule has 1 atom stereocenters. The first-order chi connectivity index (χ1) is 8.79. The van der Waals surface area contributed by atoms with Crippen LogP contribution in [-0.2, 0) is 19.0 Å². The number of hydrogen-bond acceptors (Lipinski definition) is 5. The van der Waals surface area contributed by atoms with E-state index in [1.165, 1.54) is 32.8 Å². The molecule has 18 heavy (non-hydrogen) atoms. The second kappa shape index (κ2) is 7.07. The van der Waals surface area contributed by atoms with E-state index in [4.69, 9.17) is 14.2 Å². The summed E-state index contributed by atoms with van der Waals surface area (Å²) in [6.07, 6.45) is 5.97. The zero-order valence-corrected chi connectivity index (χ0v) is 11.1. The highest BCUT2D eigenvalue weighted by Gasteiger charge is 2.28. The second-order valence-corrected chi connectivity index (χ2v) is 5.05. The van der Waals surface area contributed by atoms with Gasteiger partial charge in [-0.2, -0.15) is 0 Å². The summed E-state index contributed by atoms with van der Waals surface area (Å²) < 4.78 is 15.5. The summed E-state index contributed by atoms with van der Waals surface area (Å²) in [6, 6.07) is 0.510. The topological polar surface area (TPSA) is 48.0 Å². The summed E-state index contributed by atoms with van der Waals surface area (Å²) >= 11 is 0. The summed E-state index contributed by atoms with van der Waals surface area (Å²) in [5.74, 6) is -0.158. The van der Waals surface area contributed by atoms with Crippen LogP contribution in [0.2, 0.25) is 0 Å². The smallest absolute Gasteiger partial charge is 0.319 e. The molecule has 1 heterocycles. The van der Waals surface area contributed by atoms with E-state index in [1.54, 1.807) is 0 Å². The molecule has 0 N–H and O–H groups in total. The van der Waals surface area contributed by atoms with Gasteiger partial charge in [-0.25, -0.2) is 0 Å². The van der Waals surface area contributed by atoms with Crippen molar-refractivity contribution in [1.82, 2.24) is 4.90 Å². The van der Waals surface area contributed by atoms with Gasteiger partial charge in [-0.05, 0) is 19.3 Å². The first-order valence-corrected chi connectivity index (χ1v) is 6.80. The van der Waals surface area contributed by atoms with Crippen LogP contribution in [0.25, 0.3) is 0 Å². The lowest BCUT2D eigenvalue weighted by Gasteiger charge is -2.32. The lowest BCUT2D eigenvalue weighted by Crippen LogP contribution is -2.44. The van der Waals surface area contributed by atoms with Gasteiger partial charge in [-0.15, -0.1) is 0 Å². The number of carbonyl (C=O) groups excluding carboxylic acids is 1. The van der Waals surface area contributed by atoms with Crippen molar-refractivity contribution in [2.45, 2.75) is 44.2 Å². The number of nitrogens with zero attached hydrogens (tertiary/aromatic N) is 1. The number of carbonyl (C=O) groups is 1. The van der Waals surface area contributed by atoms with Gasteiger partial charge in [0.2, 0.25) is 0 Å². The molecule has 1 saturated carbocycles. The van der Waals surface area contributed by atoms with Crippen molar-refractivity contribution in [2.24, 2.45) is 0 Å². The Hall–Kier alpha value is -0.650. The van der Waals surface area contributed by atoms with E-state index >= 15 is 0 Å². The maximum absolute atomic E-state index is 11.5. The van der Waals surface area contributed by atoms with Gasteiger partial charge in [0.1, 0.15) is 6.79 Å². The van der Waals surface area contributed by atoms with Crippen LogP contribution in [0.3, 0.4) is 0 Å². The molecule has 0 bridgehead atoms. The zero-order chi connectivity index (χ0) is 12.8. The molecule has 0 aromatic carbocycles. The Morgan fingerprint density at radius 1 is 1.33 bits per heavy atom. The van der Waals surface area contributed by atoms with Crippen LogP contribution in [0.4, 0.5) is 0 Å². The predicted octanol–water partition coefficient (Wildman–Crippen LogP) is 1.17. The Kier molecular flexibility index (Phi) is 5.41. The van der Waals surface area contributed by atoms with Crippen molar-refractivity contribution < 1.29 is 19.0 Å². The minimum atomic E-state index is -0.158. The van der Waals surface area contributed by atoms with E-state index < -0.39 is 0 Å². The quantitative estimate of drug-likeness (QED) is 0.692. The number of methoxy groups -OCH3 is 1. The van der Waals surface area contributed by atoms with Gasteiger partial charge in [0.05, 0.1) is 26.4 Å². The standard InChI is InChI=1S/C13H23NO4/c1-16-13(15)9-14(11-4-2-3-5-11)8-12-6-7-17-10-18-12/h11-12H,2-10H2,1H3. The number of ether oxygens (including phenoxy) is 3. The SMILES string of the molecule is COC(=O)CN(CC1CCOCO1)C1CCCC1. The molecule has 5 heteroatoms. The van der Waals surface area contributed by atoms with E-state index in [-0.39, 0.29) is 12.1 Å². The van der Waals surface area contributed by atoms with E-state index in [0.717, 1.165) is 19.6 Å². The molecule has 0 radical (unpaired) electrons. The molecule has 0 aromatic heterocycles. The first-order valence-electron chi connectivity index (χ1n) is 6.80. The monoisotopic (exact) mass is 257 g/mol. The average Bonchev–Trinajstić information content (AvgIpc) is 2.93. The van der Waals surface area contributed by atoms with Crippen LogP contribution in [0.5, 0.6) is 0 Å². The Morgan fingerprint density at radius 3 is 2.72 bits per heavy atom. The molecule has 2 aliphatic rings. The lowest BCUT2D eigenvalue weighted by molar-refractivity contribution is -0.152. The molecule has 0 amide bonds. The number of rotatable bonds is 5. The maximum atomic E-state index is 11.5. The predicted molar refractivity (Wildman–Crippen MR) is 66.2 cm³/mol. The highest BCUT2D eigenvalue weighted by Crippen LogP contribution is 2.24. The molecular weight excluding hydrogens is 234 g/mol. The molecule has 1 aliphatic heterocycles. The largest absolute Gasteiger partial charge is 0.468 e. The fraction of sp³-hybridized carbons (Fsp3) is 0.923. The van der Waals surface area contributed by atoms with Crippen molar-refractivity contribution in [3.8, 4) is 0 Å². The Morgan fingerprint density at radius 2 is 2.11 bits per heavy atom. The molecule has 1 aliphatic carbocycles. The third kappa shape index (κ3) is 3.93. The fourth-order valence-electron chi connectivity index (χ4n) is 2.75. The highest BCUT2D eigenvalue weighted by molar-refractivity contribution is 5.71. The third-order valence-electron chi connectivity index (χ3n) is 3.81. The third-order valence-corrected chi connectivity index (χ3v) is 3.81. The molecule has 104 valence electrons. The second-order valence-electron chi connectivity index (χ2n) is 5.05. The van der Waals surface area contributed by atoms with E-state index in [2.05, 4.69) is 4.90 Å². The van der Waals surface area contributed by atoms with Gasteiger partial charge in [0, 0.05) is 12.6 Å². The molecule has 2 rings (SSSR count). The normalized spacial score (nSPS) is 25.6. The fourth-order valence-corrected chi connectivity index (χ4v) is 2.75. The summed E-state index contributed by atoms with van der Waals surface area (Å²) in [5, 5.41) is 0. The van der Waals surface area contributed by atoms with Crippen LogP contribution in [0.1, 0.15) is 32.1 Å².